The molecule has 0 bridgehead atoms. The summed E-state index contributed by atoms with van der Waals surface area (Å²) < 4.78 is 28.1. The van der Waals surface area contributed by atoms with E-state index in [0.29, 0.717) is 16.5 Å². The Balaban J connectivity index is 2.00. The Morgan fingerprint density at radius 2 is 1.62 bits per heavy atom. The molecule has 24 heavy (non-hydrogen) atoms. The summed E-state index contributed by atoms with van der Waals surface area (Å²) in [6, 6.07) is 14.5. The van der Waals surface area contributed by atoms with Crippen molar-refractivity contribution >= 4 is 21.6 Å². The minimum atomic E-state index is -3.51. The van der Waals surface area contributed by atoms with Gasteiger partial charge in [-0.25, -0.2) is 8.42 Å². The predicted molar refractivity (Wildman–Crippen MR) is 97.7 cm³/mol. The first kappa shape index (κ1) is 17.5. The summed E-state index contributed by atoms with van der Waals surface area (Å²) in [5, 5.41) is 0.667. The van der Waals surface area contributed by atoms with Crippen LogP contribution in [0.25, 0.3) is 0 Å². The maximum atomic E-state index is 13.2. The summed E-state index contributed by atoms with van der Waals surface area (Å²) in [6.07, 6.45) is 3.83. The molecule has 1 heterocycles. The van der Waals surface area contributed by atoms with Gasteiger partial charge in [-0.15, -0.1) is 0 Å². The van der Waals surface area contributed by atoms with E-state index < -0.39 is 10.0 Å². The molecule has 0 amide bonds. The summed E-state index contributed by atoms with van der Waals surface area (Å²) in [5.41, 5.74) is 2.07. The summed E-state index contributed by atoms with van der Waals surface area (Å²) in [5.74, 6) is 0. The van der Waals surface area contributed by atoms with Gasteiger partial charge in [0.05, 0.1) is 10.9 Å². The summed E-state index contributed by atoms with van der Waals surface area (Å²) >= 11 is 5.99. The second kappa shape index (κ2) is 7.26. The fourth-order valence-corrected chi connectivity index (χ4v) is 5.04. The summed E-state index contributed by atoms with van der Waals surface area (Å²) in [4.78, 5) is 0.369. The molecule has 0 aromatic heterocycles. The number of hydrogen-bond acceptors (Lipinski definition) is 2. The van der Waals surface area contributed by atoms with Gasteiger partial charge in [0.1, 0.15) is 0 Å². The molecule has 2 aromatic rings. The molecule has 0 aliphatic carbocycles. The lowest BCUT2D eigenvalue weighted by atomic mass is 10.0. The maximum Gasteiger partial charge on any atom is 0.243 e. The lowest BCUT2D eigenvalue weighted by Gasteiger charge is -2.29. The number of halogens is 1. The van der Waals surface area contributed by atoms with E-state index in [4.69, 9.17) is 11.6 Å². The molecular formula is C19H22ClNO2S. The molecule has 0 saturated carbocycles. The zero-order valence-corrected chi connectivity index (χ0v) is 15.4. The highest BCUT2D eigenvalue weighted by Crippen LogP contribution is 2.35. The van der Waals surface area contributed by atoms with E-state index >= 15 is 0 Å². The third-order valence-corrected chi connectivity index (χ3v) is 6.76. The number of nitrogens with zero attached hydrogens (tertiary/aromatic N) is 1. The van der Waals surface area contributed by atoms with Gasteiger partial charge in [0.25, 0.3) is 0 Å². The fourth-order valence-electron chi connectivity index (χ4n) is 3.23. The number of hydrogen-bond donors (Lipinski definition) is 0. The highest BCUT2D eigenvalue weighted by atomic mass is 35.5. The molecule has 0 unspecified atom stereocenters. The lowest BCUT2D eigenvalue weighted by molar-refractivity contribution is 0.329. The molecule has 1 fully saturated rings. The van der Waals surface area contributed by atoms with Gasteiger partial charge in [0, 0.05) is 11.6 Å². The predicted octanol–water partition coefficient (Wildman–Crippen LogP) is 4.95. The van der Waals surface area contributed by atoms with Crippen molar-refractivity contribution in [3.8, 4) is 0 Å². The largest absolute Gasteiger partial charge is 0.243 e. The molecule has 128 valence electrons. The minimum absolute atomic E-state index is 0.129. The molecular weight excluding hydrogens is 342 g/mol. The molecule has 0 spiro atoms. The van der Waals surface area contributed by atoms with Gasteiger partial charge < -0.3 is 0 Å². The third-order valence-electron chi connectivity index (χ3n) is 4.59. The molecule has 1 aliphatic heterocycles. The Hall–Kier alpha value is -1.36. The van der Waals surface area contributed by atoms with Gasteiger partial charge in [-0.3, -0.25) is 0 Å². The van der Waals surface area contributed by atoms with Crippen molar-refractivity contribution < 1.29 is 8.42 Å². The molecule has 0 N–H and O–H groups in total. The fraction of sp³-hybridized carbons (Fsp3) is 0.368. The van der Waals surface area contributed by atoms with Crippen LogP contribution in [0.4, 0.5) is 0 Å². The van der Waals surface area contributed by atoms with Crippen molar-refractivity contribution in [2.75, 3.05) is 6.54 Å². The van der Waals surface area contributed by atoms with Crippen LogP contribution >= 0.6 is 11.6 Å². The molecule has 5 heteroatoms. The SMILES string of the molecule is Cc1ccc(S(=O)(=O)N2CCCCC[C@@H]2c2ccc(Cl)cc2)cc1. The highest BCUT2D eigenvalue weighted by molar-refractivity contribution is 7.89. The molecule has 1 saturated heterocycles. The highest BCUT2D eigenvalue weighted by Gasteiger charge is 2.33. The first-order chi connectivity index (χ1) is 11.5. The van der Waals surface area contributed by atoms with Gasteiger partial charge in [-0.1, -0.05) is 54.3 Å². The van der Waals surface area contributed by atoms with Crippen molar-refractivity contribution in [1.29, 1.82) is 0 Å². The van der Waals surface area contributed by atoms with E-state index in [2.05, 4.69) is 0 Å². The van der Waals surface area contributed by atoms with Crippen LogP contribution in [0.2, 0.25) is 5.02 Å². The molecule has 1 atom stereocenters. The van der Waals surface area contributed by atoms with Gasteiger partial charge in [0.2, 0.25) is 10.0 Å². The van der Waals surface area contributed by atoms with E-state index in [0.717, 1.165) is 36.8 Å². The van der Waals surface area contributed by atoms with E-state index in [1.165, 1.54) is 0 Å². The van der Waals surface area contributed by atoms with Crippen molar-refractivity contribution in [1.82, 2.24) is 4.31 Å². The average Bonchev–Trinajstić information content (AvgIpc) is 2.82. The number of aryl methyl sites for hydroxylation is 1. The van der Waals surface area contributed by atoms with Gasteiger partial charge in [-0.2, -0.15) is 4.31 Å². The van der Waals surface area contributed by atoms with Crippen LogP contribution < -0.4 is 0 Å². The average molecular weight is 364 g/mol. The second-order valence-corrected chi connectivity index (χ2v) is 8.67. The van der Waals surface area contributed by atoms with E-state index in [9.17, 15) is 8.42 Å². The van der Waals surface area contributed by atoms with Crippen molar-refractivity contribution in [2.24, 2.45) is 0 Å². The van der Waals surface area contributed by atoms with Crippen LogP contribution in [-0.2, 0) is 10.0 Å². The normalized spacial score (nSPS) is 19.8. The van der Waals surface area contributed by atoms with E-state index in [1.807, 2.05) is 43.3 Å². The molecule has 0 radical (unpaired) electrons. The smallest absolute Gasteiger partial charge is 0.207 e. The third kappa shape index (κ3) is 3.66. The standard InChI is InChI=1S/C19H22ClNO2S/c1-15-6-12-18(13-7-15)24(22,23)21-14-4-2-3-5-19(21)16-8-10-17(20)11-9-16/h6-13,19H,2-5,14H2,1H3/t19-/m1/s1. The Kier molecular flexibility index (Phi) is 5.28. The second-order valence-electron chi connectivity index (χ2n) is 6.35. The van der Waals surface area contributed by atoms with Crippen molar-refractivity contribution in [2.45, 2.75) is 43.5 Å². The van der Waals surface area contributed by atoms with Crippen LogP contribution in [0.15, 0.2) is 53.4 Å². The Bertz CT molecular complexity index is 785. The Morgan fingerprint density at radius 3 is 2.29 bits per heavy atom. The Morgan fingerprint density at radius 1 is 0.958 bits per heavy atom. The van der Waals surface area contributed by atoms with Crippen molar-refractivity contribution in [3.05, 3.63) is 64.7 Å². The Labute approximate surface area is 149 Å². The number of rotatable bonds is 3. The maximum absolute atomic E-state index is 13.2. The van der Waals surface area contributed by atoms with Crippen LogP contribution in [-0.4, -0.2) is 19.3 Å². The van der Waals surface area contributed by atoms with Crippen molar-refractivity contribution in [3.63, 3.8) is 0 Å². The van der Waals surface area contributed by atoms with Crippen LogP contribution in [0, 0.1) is 6.92 Å². The summed E-state index contributed by atoms with van der Waals surface area (Å²) in [6.45, 7) is 2.52. The molecule has 2 aromatic carbocycles. The van der Waals surface area contributed by atoms with Gasteiger partial charge >= 0.3 is 0 Å². The number of sulfonamides is 1. The zero-order chi connectivity index (χ0) is 17.2. The van der Waals surface area contributed by atoms with Gasteiger partial charge in [0.15, 0.2) is 0 Å². The van der Waals surface area contributed by atoms with Crippen LogP contribution in [0.1, 0.15) is 42.9 Å². The monoisotopic (exact) mass is 363 g/mol. The lowest BCUT2D eigenvalue weighted by Crippen LogP contribution is -2.34. The topological polar surface area (TPSA) is 37.4 Å². The molecule has 1 aliphatic rings. The van der Waals surface area contributed by atoms with Crippen LogP contribution in [0.3, 0.4) is 0 Å². The van der Waals surface area contributed by atoms with E-state index in [-0.39, 0.29) is 6.04 Å². The minimum Gasteiger partial charge on any atom is -0.207 e. The van der Waals surface area contributed by atoms with Gasteiger partial charge in [-0.05, 0) is 49.6 Å². The molecule has 3 rings (SSSR count). The number of benzene rings is 2. The first-order valence-electron chi connectivity index (χ1n) is 8.32. The summed E-state index contributed by atoms with van der Waals surface area (Å²) in [7, 11) is -3.51. The van der Waals surface area contributed by atoms with E-state index in [1.54, 1.807) is 16.4 Å². The molecule has 3 nitrogen and oxygen atoms in total. The van der Waals surface area contributed by atoms with Crippen LogP contribution in [0.5, 0.6) is 0 Å². The first-order valence-corrected chi connectivity index (χ1v) is 10.1. The quantitative estimate of drug-likeness (QED) is 0.773. The zero-order valence-electron chi connectivity index (χ0n) is 13.8.